The van der Waals surface area contributed by atoms with Crippen molar-refractivity contribution in [2.45, 2.75) is 13.5 Å². The minimum Gasteiger partial charge on any atom is -0.478 e. The molecule has 88 valence electrons. The summed E-state index contributed by atoms with van der Waals surface area (Å²) in [7, 11) is 0. The molecule has 1 aromatic heterocycles. The Balaban J connectivity index is 2.34. The fourth-order valence-electron chi connectivity index (χ4n) is 1.64. The van der Waals surface area contributed by atoms with Gasteiger partial charge in [0, 0.05) is 18.3 Å². The van der Waals surface area contributed by atoms with Crippen LogP contribution in [0.15, 0.2) is 42.1 Å². The third-order valence-electron chi connectivity index (χ3n) is 2.67. The van der Waals surface area contributed by atoms with Crippen LogP contribution in [0.25, 0.3) is 10.9 Å². The maximum atomic E-state index is 13.1. The first-order chi connectivity index (χ1) is 8.08. The molecule has 0 unspecified atom stereocenters. The minimum atomic E-state index is -0.937. The summed E-state index contributed by atoms with van der Waals surface area (Å²) < 4.78 is 14.9. The van der Waals surface area contributed by atoms with Crippen LogP contribution >= 0.6 is 0 Å². The molecule has 4 heteroatoms. The van der Waals surface area contributed by atoms with E-state index in [2.05, 4.69) is 0 Å². The third kappa shape index (κ3) is 2.36. The highest BCUT2D eigenvalue weighted by Crippen LogP contribution is 2.17. The van der Waals surface area contributed by atoms with Crippen molar-refractivity contribution < 1.29 is 14.3 Å². The molecule has 2 rings (SSSR count). The van der Waals surface area contributed by atoms with Crippen LogP contribution in [0.4, 0.5) is 4.39 Å². The first-order valence-electron chi connectivity index (χ1n) is 5.22. The number of hydrogen-bond donors (Lipinski definition) is 1. The molecule has 17 heavy (non-hydrogen) atoms. The number of allylic oxidation sites excluding steroid dienone is 1. The van der Waals surface area contributed by atoms with E-state index in [1.165, 1.54) is 19.1 Å². The topological polar surface area (TPSA) is 42.2 Å². The van der Waals surface area contributed by atoms with Gasteiger partial charge in [-0.1, -0.05) is 6.08 Å². The maximum absolute atomic E-state index is 13.1. The number of aromatic nitrogens is 1. The first kappa shape index (κ1) is 11.4. The van der Waals surface area contributed by atoms with Gasteiger partial charge in [0.15, 0.2) is 0 Å². The lowest BCUT2D eigenvalue weighted by Crippen LogP contribution is -1.99. The molecule has 0 bridgehead atoms. The number of carboxylic acid groups (broad SMARTS) is 1. The van der Waals surface area contributed by atoms with Crippen LogP contribution in [0.5, 0.6) is 0 Å². The van der Waals surface area contributed by atoms with Crippen LogP contribution < -0.4 is 0 Å². The zero-order valence-corrected chi connectivity index (χ0v) is 9.35. The predicted octanol–water partition coefficient (Wildman–Crippen LogP) is 2.81. The standard InChI is InChI=1S/C13H12FNO2/c1-9(13(16)17)4-6-15-7-5-10-2-3-11(14)8-12(10)15/h2-5,7-8H,6H2,1H3,(H,16,17). The van der Waals surface area contributed by atoms with Crippen molar-refractivity contribution in [3.8, 4) is 0 Å². The van der Waals surface area contributed by atoms with Gasteiger partial charge in [-0.3, -0.25) is 0 Å². The lowest BCUT2D eigenvalue weighted by Gasteiger charge is -2.02. The van der Waals surface area contributed by atoms with E-state index in [1.54, 1.807) is 12.1 Å². The Bertz CT molecular complexity index is 598. The summed E-state index contributed by atoms with van der Waals surface area (Å²) in [6.07, 6.45) is 3.42. The summed E-state index contributed by atoms with van der Waals surface area (Å²) in [4.78, 5) is 10.6. The summed E-state index contributed by atoms with van der Waals surface area (Å²) in [5, 5.41) is 9.67. The lowest BCUT2D eigenvalue weighted by molar-refractivity contribution is -0.132. The molecule has 0 aliphatic carbocycles. The number of nitrogens with zero attached hydrogens (tertiary/aromatic N) is 1. The fraction of sp³-hybridized carbons (Fsp3) is 0.154. The van der Waals surface area contributed by atoms with Crippen LogP contribution in [0.1, 0.15) is 6.92 Å². The largest absolute Gasteiger partial charge is 0.478 e. The van der Waals surface area contributed by atoms with Crippen molar-refractivity contribution in [1.29, 1.82) is 0 Å². The maximum Gasteiger partial charge on any atom is 0.331 e. The molecule has 3 nitrogen and oxygen atoms in total. The second kappa shape index (κ2) is 4.41. The first-order valence-corrected chi connectivity index (χ1v) is 5.22. The Kier molecular flexibility index (Phi) is 2.95. The number of aliphatic carboxylic acids is 1. The Morgan fingerprint density at radius 2 is 2.24 bits per heavy atom. The molecule has 0 atom stereocenters. The van der Waals surface area contributed by atoms with Gasteiger partial charge in [0.2, 0.25) is 0 Å². The summed E-state index contributed by atoms with van der Waals surface area (Å²) in [5.41, 5.74) is 1.04. The molecule has 0 saturated carbocycles. The fourth-order valence-corrected chi connectivity index (χ4v) is 1.64. The van der Waals surface area contributed by atoms with E-state index < -0.39 is 5.97 Å². The highest BCUT2D eigenvalue weighted by atomic mass is 19.1. The average Bonchev–Trinajstić information content (AvgIpc) is 2.68. The van der Waals surface area contributed by atoms with Crippen molar-refractivity contribution in [3.05, 3.63) is 47.9 Å². The second-order valence-corrected chi connectivity index (χ2v) is 3.86. The van der Waals surface area contributed by atoms with E-state index in [0.29, 0.717) is 6.54 Å². The molecular formula is C13H12FNO2. The van der Waals surface area contributed by atoms with Crippen LogP contribution in [-0.4, -0.2) is 15.6 Å². The predicted molar refractivity (Wildman–Crippen MR) is 63.3 cm³/mol. The highest BCUT2D eigenvalue weighted by molar-refractivity contribution is 5.85. The lowest BCUT2D eigenvalue weighted by atomic mass is 10.2. The quantitative estimate of drug-likeness (QED) is 0.828. The Morgan fingerprint density at radius 3 is 2.94 bits per heavy atom. The number of benzene rings is 1. The van der Waals surface area contributed by atoms with Crippen molar-refractivity contribution >= 4 is 16.9 Å². The molecule has 0 aliphatic heterocycles. The van der Waals surface area contributed by atoms with Gasteiger partial charge in [-0.25, -0.2) is 9.18 Å². The van der Waals surface area contributed by atoms with E-state index in [9.17, 15) is 9.18 Å². The second-order valence-electron chi connectivity index (χ2n) is 3.86. The van der Waals surface area contributed by atoms with Gasteiger partial charge < -0.3 is 9.67 Å². The number of hydrogen-bond acceptors (Lipinski definition) is 1. The Hall–Kier alpha value is -2.10. The number of carbonyl (C=O) groups is 1. The summed E-state index contributed by atoms with van der Waals surface area (Å²) in [6, 6.07) is 6.43. The zero-order valence-electron chi connectivity index (χ0n) is 9.35. The molecule has 1 heterocycles. The normalized spacial score (nSPS) is 12.0. The number of halogens is 1. The van der Waals surface area contributed by atoms with Crippen molar-refractivity contribution in [1.82, 2.24) is 4.57 Å². The summed E-state index contributed by atoms with van der Waals surface area (Å²) in [5.74, 6) is -1.23. The molecule has 0 aliphatic rings. The van der Waals surface area contributed by atoms with Crippen LogP contribution in [0.3, 0.4) is 0 Å². The van der Waals surface area contributed by atoms with Crippen molar-refractivity contribution in [2.75, 3.05) is 0 Å². The Labute approximate surface area is 97.8 Å². The summed E-state index contributed by atoms with van der Waals surface area (Å²) in [6.45, 7) is 1.96. The van der Waals surface area contributed by atoms with Gasteiger partial charge in [0.05, 0.1) is 5.52 Å². The van der Waals surface area contributed by atoms with E-state index in [1.807, 2.05) is 16.8 Å². The van der Waals surface area contributed by atoms with E-state index in [0.717, 1.165) is 10.9 Å². The van der Waals surface area contributed by atoms with Gasteiger partial charge in [-0.2, -0.15) is 0 Å². The van der Waals surface area contributed by atoms with E-state index >= 15 is 0 Å². The molecule has 0 spiro atoms. The van der Waals surface area contributed by atoms with E-state index in [4.69, 9.17) is 5.11 Å². The molecule has 0 fully saturated rings. The monoisotopic (exact) mass is 233 g/mol. The van der Waals surface area contributed by atoms with Gasteiger partial charge in [-0.05, 0) is 36.6 Å². The number of carboxylic acids is 1. The van der Waals surface area contributed by atoms with Crippen molar-refractivity contribution in [2.24, 2.45) is 0 Å². The third-order valence-corrected chi connectivity index (χ3v) is 2.67. The zero-order chi connectivity index (χ0) is 12.4. The average molecular weight is 233 g/mol. The van der Waals surface area contributed by atoms with Gasteiger partial charge in [-0.15, -0.1) is 0 Å². The Morgan fingerprint density at radius 1 is 1.47 bits per heavy atom. The van der Waals surface area contributed by atoms with Gasteiger partial charge >= 0.3 is 5.97 Å². The van der Waals surface area contributed by atoms with Gasteiger partial charge in [0.25, 0.3) is 0 Å². The van der Waals surface area contributed by atoms with Crippen molar-refractivity contribution in [3.63, 3.8) is 0 Å². The van der Waals surface area contributed by atoms with Crippen LogP contribution in [0.2, 0.25) is 0 Å². The SMILES string of the molecule is CC(=CCn1ccc2ccc(F)cc21)C(=O)O. The molecule has 2 aromatic rings. The smallest absolute Gasteiger partial charge is 0.331 e. The molecule has 1 aromatic carbocycles. The molecule has 0 radical (unpaired) electrons. The number of rotatable bonds is 3. The van der Waals surface area contributed by atoms with Gasteiger partial charge in [0.1, 0.15) is 5.82 Å². The molecule has 1 N–H and O–H groups in total. The van der Waals surface area contributed by atoms with Crippen LogP contribution in [-0.2, 0) is 11.3 Å². The highest BCUT2D eigenvalue weighted by Gasteiger charge is 2.03. The molecule has 0 saturated heterocycles. The molecular weight excluding hydrogens is 221 g/mol. The number of fused-ring (bicyclic) bond motifs is 1. The summed E-state index contributed by atoms with van der Waals surface area (Å²) >= 11 is 0. The minimum absolute atomic E-state index is 0.281. The molecule has 0 amide bonds. The van der Waals surface area contributed by atoms with Crippen LogP contribution in [0, 0.1) is 5.82 Å². The van der Waals surface area contributed by atoms with E-state index in [-0.39, 0.29) is 11.4 Å².